The fourth-order valence-electron chi connectivity index (χ4n) is 3.29. The van der Waals surface area contributed by atoms with Crippen LogP contribution in [0, 0.1) is 17.8 Å². The van der Waals surface area contributed by atoms with Gasteiger partial charge in [-0.3, -0.25) is 9.79 Å². The summed E-state index contributed by atoms with van der Waals surface area (Å²) < 4.78 is 0. The number of aliphatic hydroxyl groups excluding tert-OH is 2. The van der Waals surface area contributed by atoms with Gasteiger partial charge in [0.1, 0.15) is 11.9 Å². The molecule has 26 heavy (non-hydrogen) atoms. The topological polar surface area (TPSA) is 69.9 Å². The highest BCUT2D eigenvalue weighted by Crippen LogP contribution is 2.34. The van der Waals surface area contributed by atoms with Gasteiger partial charge in [0.25, 0.3) is 0 Å². The molecule has 2 N–H and O–H groups in total. The van der Waals surface area contributed by atoms with E-state index in [1.165, 1.54) is 0 Å². The van der Waals surface area contributed by atoms with E-state index >= 15 is 0 Å². The van der Waals surface area contributed by atoms with E-state index < -0.39 is 12.0 Å². The van der Waals surface area contributed by atoms with Crippen LogP contribution < -0.4 is 0 Å². The molecule has 0 radical (unpaired) electrons. The molecule has 1 aromatic carbocycles. The third-order valence-electron chi connectivity index (χ3n) is 4.74. The Balaban J connectivity index is 2.31. The molecule has 0 bridgehead atoms. The number of carbonyl (C=O) groups is 1. The molecule has 2 rings (SSSR count). The lowest BCUT2D eigenvalue weighted by Crippen LogP contribution is -2.26. The van der Waals surface area contributed by atoms with Crippen molar-refractivity contribution in [2.45, 2.75) is 59.6 Å². The van der Waals surface area contributed by atoms with Crippen molar-refractivity contribution >= 4 is 11.5 Å². The van der Waals surface area contributed by atoms with Gasteiger partial charge in [-0.05, 0) is 30.2 Å². The number of aliphatic hydroxyl groups is 2. The smallest absolute Gasteiger partial charge is 0.197 e. The largest absolute Gasteiger partial charge is 0.511 e. The van der Waals surface area contributed by atoms with Crippen molar-refractivity contribution in [1.29, 1.82) is 0 Å². The molecule has 4 heteroatoms. The summed E-state index contributed by atoms with van der Waals surface area (Å²) in [5.41, 5.74) is 1.91. The van der Waals surface area contributed by atoms with E-state index in [9.17, 15) is 15.0 Å². The van der Waals surface area contributed by atoms with Gasteiger partial charge in [-0.15, -0.1) is 0 Å². The van der Waals surface area contributed by atoms with E-state index in [4.69, 9.17) is 0 Å². The maximum atomic E-state index is 12.7. The summed E-state index contributed by atoms with van der Waals surface area (Å²) in [5, 5.41) is 21.1. The minimum atomic E-state index is -1.15. The lowest BCUT2D eigenvalue weighted by atomic mass is 9.94. The Bertz CT molecular complexity index is 674. The van der Waals surface area contributed by atoms with E-state index in [-0.39, 0.29) is 17.1 Å². The lowest BCUT2D eigenvalue weighted by Gasteiger charge is -2.15. The van der Waals surface area contributed by atoms with Gasteiger partial charge in [-0.1, -0.05) is 64.4 Å². The predicted octanol–water partition coefficient (Wildman–Crippen LogP) is 4.48. The third-order valence-corrected chi connectivity index (χ3v) is 4.74. The normalized spacial score (nSPS) is 21.3. The Kier molecular flexibility index (Phi) is 7.15. The van der Waals surface area contributed by atoms with E-state index in [2.05, 4.69) is 32.7 Å². The first-order valence-corrected chi connectivity index (χ1v) is 9.54. The summed E-state index contributed by atoms with van der Waals surface area (Å²) >= 11 is 0. The third kappa shape index (κ3) is 5.04. The van der Waals surface area contributed by atoms with Gasteiger partial charge in [0, 0.05) is 5.71 Å². The summed E-state index contributed by atoms with van der Waals surface area (Å²) in [6.07, 6.45) is 0.903. The van der Waals surface area contributed by atoms with E-state index in [1.807, 2.05) is 30.3 Å². The Morgan fingerprint density at radius 2 is 1.77 bits per heavy atom. The molecule has 2 atom stereocenters. The second-order valence-corrected chi connectivity index (χ2v) is 7.99. The molecule has 1 aromatic rings. The van der Waals surface area contributed by atoms with Crippen LogP contribution in [0.25, 0.3) is 0 Å². The highest BCUT2D eigenvalue weighted by atomic mass is 16.3. The van der Waals surface area contributed by atoms with Crippen molar-refractivity contribution in [1.82, 2.24) is 0 Å². The van der Waals surface area contributed by atoms with Crippen molar-refractivity contribution in [3.63, 3.8) is 0 Å². The monoisotopic (exact) mass is 357 g/mol. The van der Waals surface area contributed by atoms with Gasteiger partial charge in [-0.2, -0.15) is 0 Å². The lowest BCUT2D eigenvalue weighted by molar-refractivity contribution is -0.123. The molecule has 0 saturated heterocycles. The molecule has 142 valence electrons. The van der Waals surface area contributed by atoms with Gasteiger partial charge >= 0.3 is 0 Å². The summed E-state index contributed by atoms with van der Waals surface area (Å²) in [4.78, 5) is 17.3. The summed E-state index contributed by atoms with van der Waals surface area (Å²) in [7, 11) is 0. The number of aliphatic imine (C=N–C) groups is 1. The molecule has 2 unspecified atom stereocenters. The van der Waals surface area contributed by atoms with Crippen LogP contribution in [0.1, 0.15) is 52.5 Å². The average Bonchev–Trinajstić information content (AvgIpc) is 2.80. The van der Waals surface area contributed by atoms with Crippen molar-refractivity contribution in [2.24, 2.45) is 22.7 Å². The van der Waals surface area contributed by atoms with Gasteiger partial charge in [0.2, 0.25) is 0 Å². The molecular formula is C22H31NO3. The van der Waals surface area contributed by atoms with Gasteiger partial charge in [-0.25, -0.2) is 0 Å². The summed E-state index contributed by atoms with van der Waals surface area (Å²) in [5.74, 6) is -0.117. The Labute approximate surface area is 156 Å². The zero-order valence-electron chi connectivity index (χ0n) is 16.3. The van der Waals surface area contributed by atoms with Crippen LogP contribution in [0.4, 0.5) is 0 Å². The van der Waals surface area contributed by atoms with Crippen LogP contribution in [0.15, 0.2) is 46.7 Å². The van der Waals surface area contributed by atoms with E-state index in [0.29, 0.717) is 36.9 Å². The number of carbonyl (C=O) groups excluding carboxylic acids is 1. The number of benzene rings is 1. The second-order valence-electron chi connectivity index (χ2n) is 7.99. The maximum Gasteiger partial charge on any atom is 0.197 e. The Hall–Kier alpha value is -1.94. The van der Waals surface area contributed by atoms with Crippen LogP contribution in [0.2, 0.25) is 0 Å². The van der Waals surface area contributed by atoms with Crippen LogP contribution in [0.3, 0.4) is 0 Å². The number of Topliss-reactive ketones (excluding diaryl/α,β-unsaturated/α-hetero) is 1. The first kappa shape index (κ1) is 20.4. The number of rotatable bonds is 8. The molecule has 0 saturated carbocycles. The number of ketones is 1. The number of hydrogen-bond acceptors (Lipinski definition) is 4. The van der Waals surface area contributed by atoms with Crippen LogP contribution in [0.5, 0.6) is 0 Å². The van der Waals surface area contributed by atoms with Crippen molar-refractivity contribution in [2.75, 3.05) is 0 Å². The fraction of sp³-hybridized carbons (Fsp3) is 0.545. The zero-order chi connectivity index (χ0) is 19.3. The average molecular weight is 357 g/mol. The minimum Gasteiger partial charge on any atom is -0.511 e. The van der Waals surface area contributed by atoms with Crippen LogP contribution in [-0.2, 0) is 11.3 Å². The first-order chi connectivity index (χ1) is 12.3. The second kappa shape index (κ2) is 9.13. The standard InChI is InChI=1S/C22H31NO3/c1-14(2)10-11-17-20(24)19(22(26)21(17)25)18(12-15(3)4)23-13-16-8-6-5-7-9-16/h5-9,14-15,17,21,24-25H,10-13H2,1-4H3. The molecule has 1 aliphatic carbocycles. The van der Waals surface area contributed by atoms with Crippen LogP contribution >= 0.6 is 0 Å². The maximum absolute atomic E-state index is 12.7. The summed E-state index contributed by atoms with van der Waals surface area (Å²) in [6, 6.07) is 9.84. The van der Waals surface area contributed by atoms with Gasteiger partial charge < -0.3 is 10.2 Å². The molecule has 0 spiro atoms. The fourth-order valence-corrected chi connectivity index (χ4v) is 3.29. The molecule has 0 aliphatic heterocycles. The van der Waals surface area contributed by atoms with Crippen molar-refractivity contribution in [3.8, 4) is 0 Å². The molecule has 1 aliphatic rings. The van der Waals surface area contributed by atoms with E-state index in [1.54, 1.807) is 0 Å². The number of hydrogen-bond donors (Lipinski definition) is 2. The summed E-state index contributed by atoms with van der Waals surface area (Å²) in [6.45, 7) is 8.76. The van der Waals surface area contributed by atoms with Crippen LogP contribution in [-0.4, -0.2) is 27.8 Å². The molecule has 0 heterocycles. The molecular weight excluding hydrogens is 326 g/mol. The SMILES string of the molecule is CC(C)CCC1C(O)=C(C(CC(C)C)=NCc2ccccc2)C(=O)C1O. The highest BCUT2D eigenvalue weighted by molar-refractivity contribution is 6.25. The Morgan fingerprint density at radius 1 is 1.12 bits per heavy atom. The molecule has 0 fully saturated rings. The molecule has 0 aromatic heterocycles. The predicted molar refractivity (Wildman–Crippen MR) is 105 cm³/mol. The minimum absolute atomic E-state index is 0.0237. The quantitative estimate of drug-likeness (QED) is 0.674. The van der Waals surface area contributed by atoms with Gasteiger partial charge in [0.15, 0.2) is 5.78 Å². The number of nitrogens with zero attached hydrogens (tertiary/aromatic N) is 1. The Morgan fingerprint density at radius 3 is 2.35 bits per heavy atom. The van der Waals surface area contributed by atoms with Crippen molar-refractivity contribution in [3.05, 3.63) is 47.2 Å². The zero-order valence-corrected chi connectivity index (χ0v) is 16.3. The first-order valence-electron chi connectivity index (χ1n) is 9.54. The van der Waals surface area contributed by atoms with E-state index in [0.717, 1.165) is 12.0 Å². The molecule has 0 amide bonds. The van der Waals surface area contributed by atoms with Gasteiger partial charge in [0.05, 0.1) is 18.0 Å². The van der Waals surface area contributed by atoms with Crippen molar-refractivity contribution < 1.29 is 15.0 Å². The highest BCUT2D eigenvalue weighted by Gasteiger charge is 2.42. The molecule has 4 nitrogen and oxygen atoms in total.